The van der Waals surface area contributed by atoms with Gasteiger partial charge in [-0.05, 0) is 111 Å². The number of fused-ring (bicyclic) bond motifs is 6. The van der Waals surface area contributed by atoms with Crippen molar-refractivity contribution in [1.29, 1.82) is 0 Å². The maximum Gasteiger partial charge on any atom is 0.303 e. The highest BCUT2D eigenvalue weighted by Crippen LogP contribution is 2.54. The number of carbonyl (C=O) groups is 1. The minimum atomic E-state index is -5.38. The first kappa shape index (κ1) is 57.3. The van der Waals surface area contributed by atoms with Crippen molar-refractivity contribution in [3.63, 3.8) is 0 Å². The molecule has 0 aliphatic carbocycles. The molecular formula is C47H54N3O18S5-3. The van der Waals surface area contributed by atoms with Gasteiger partial charge in [-0.25, -0.2) is 46.8 Å². The molecule has 0 fully saturated rings. The number of unbranched alkanes of at least 4 members (excludes halogenated alkanes) is 2. The molecule has 26 heteroatoms. The first-order valence-electron chi connectivity index (χ1n) is 22.6. The standard InChI is InChI=1S/C47H57N3O18S5/c1-46(2)41(49(22-11-7-10-15-43(51)52)37-18-16-33-35(44(37)46)27-31(71(58,59)60)29-39(33)70(56,57)48-21-24-67-4)13-8-6-9-14-42-47(3,20-12-26-69(53,54)55)45-36-28-32(72(61,62)63)30-40(73(64,65)66)34(36)17-19-38(45)50(42)23-25-68-5/h6,8-9,13-14,16-19,27-30,48H,7,10-12,15,20-26H2,1-5H3,(H4-,51,52,53,54,55,58,59,60,61,62,63,64,65,66)/p-3. The fraction of sp³-hybridized carbons (Fsp3) is 0.404. The van der Waals surface area contributed by atoms with Crippen LogP contribution < -0.4 is 9.62 Å². The largest absolute Gasteiger partial charge is 0.748 e. The van der Waals surface area contributed by atoms with Gasteiger partial charge in [-0.3, -0.25) is 4.79 Å². The highest BCUT2D eigenvalue weighted by Gasteiger charge is 2.47. The monoisotopic (exact) mass is 1110 g/mol. The first-order chi connectivity index (χ1) is 33.9. The van der Waals surface area contributed by atoms with E-state index in [2.05, 4.69) is 4.72 Å². The molecule has 0 bridgehead atoms. The van der Waals surface area contributed by atoms with Gasteiger partial charge in [0, 0.05) is 85.8 Å². The lowest BCUT2D eigenvalue weighted by Crippen LogP contribution is -2.31. The van der Waals surface area contributed by atoms with Gasteiger partial charge >= 0.3 is 5.97 Å². The molecule has 2 N–H and O–H groups in total. The molecule has 2 heterocycles. The molecule has 2 aliphatic rings. The summed E-state index contributed by atoms with van der Waals surface area (Å²) in [5.74, 6) is -1.76. The number of benzene rings is 4. The zero-order valence-electron chi connectivity index (χ0n) is 40.3. The number of ether oxygens (including phenoxy) is 2. The minimum Gasteiger partial charge on any atom is -0.748 e. The Morgan fingerprint density at radius 1 is 0.712 bits per heavy atom. The van der Waals surface area contributed by atoms with Crippen LogP contribution in [0.1, 0.15) is 70.4 Å². The second-order valence-electron chi connectivity index (χ2n) is 18.2. The third-order valence-corrected chi connectivity index (χ3v) is 17.8. The van der Waals surface area contributed by atoms with E-state index in [4.69, 9.17) is 9.47 Å². The van der Waals surface area contributed by atoms with E-state index in [1.165, 1.54) is 32.4 Å². The van der Waals surface area contributed by atoms with E-state index in [0.29, 0.717) is 60.2 Å². The van der Waals surface area contributed by atoms with Gasteiger partial charge < -0.3 is 37.7 Å². The number of hydrogen-bond donors (Lipinski definition) is 2. The van der Waals surface area contributed by atoms with Gasteiger partial charge in [-0.2, -0.15) is 4.58 Å². The second-order valence-corrected chi connectivity index (χ2v) is 25.6. The molecule has 0 aromatic heterocycles. The van der Waals surface area contributed by atoms with Crippen molar-refractivity contribution in [1.82, 2.24) is 4.72 Å². The summed E-state index contributed by atoms with van der Waals surface area (Å²) in [7, 11) is -22.3. The highest BCUT2D eigenvalue weighted by atomic mass is 32.2. The lowest BCUT2D eigenvalue weighted by Gasteiger charge is -2.31. The molecule has 0 saturated carbocycles. The van der Waals surface area contributed by atoms with Crippen LogP contribution in [0.15, 0.2) is 104 Å². The Hall–Kier alpha value is -4.97. The maximum atomic E-state index is 13.7. The van der Waals surface area contributed by atoms with Crippen LogP contribution in [0, 0.1) is 0 Å². The lowest BCUT2D eigenvalue weighted by atomic mass is 9.75. The SMILES string of the molecule is COCCNS(=O)(=O)c1cc(S(=O)(=O)[O-])cc2c3c(ccc12)[N+](CCCCCC(=O)O)=C(/C=C/C=C/C=C1/N(CCOC)c2ccc4c(S(=O)(=O)[O-])cc(S(=O)(=O)[O-])cc4c2C1(C)CCCS(=O)(=O)[O-])C3(C)C. The van der Waals surface area contributed by atoms with Crippen LogP contribution in [0.2, 0.25) is 0 Å². The Kier molecular flexibility index (Phi) is 17.0. The Bertz CT molecular complexity index is 3570. The maximum absolute atomic E-state index is 13.7. The molecule has 21 nitrogen and oxygen atoms in total. The van der Waals surface area contributed by atoms with E-state index in [-0.39, 0.29) is 72.7 Å². The first-order valence-corrected chi connectivity index (χ1v) is 29.9. The number of anilines is 1. The van der Waals surface area contributed by atoms with Gasteiger partial charge in [0.2, 0.25) is 15.7 Å². The lowest BCUT2D eigenvalue weighted by molar-refractivity contribution is -0.438. The van der Waals surface area contributed by atoms with Gasteiger partial charge in [0.05, 0.1) is 48.3 Å². The number of carboxylic acid groups (broad SMARTS) is 1. The van der Waals surface area contributed by atoms with Crippen molar-refractivity contribution >= 4 is 95.1 Å². The van der Waals surface area contributed by atoms with Crippen LogP contribution in [0.3, 0.4) is 0 Å². The molecule has 4 aromatic rings. The molecule has 4 aromatic carbocycles. The smallest absolute Gasteiger partial charge is 0.303 e. The van der Waals surface area contributed by atoms with Crippen molar-refractivity contribution in [2.45, 2.75) is 89.7 Å². The van der Waals surface area contributed by atoms with E-state index in [0.717, 1.165) is 18.2 Å². The normalized spacial score (nSPS) is 18.0. The summed E-state index contributed by atoms with van der Waals surface area (Å²) in [6.45, 7) is 5.75. The molecule has 2 aliphatic heterocycles. The Balaban J connectivity index is 1.52. The number of rotatable bonds is 24. The summed E-state index contributed by atoms with van der Waals surface area (Å²) in [5, 5.41) is 9.28. The molecule has 6 rings (SSSR count). The Morgan fingerprint density at radius 2 is 1.32 bits per heavy atom. The molecule has 1 atom stereocenters. The van der Waals surface area contributed by atoms with Crippen LogP contribution in [0.5, 0.6) is 0 Å². The number of methoxy groups -OCH3 is 2. The third-order valence-electron chi connectivity index (χ3n) is 13.0. The van der Waals surface area contributed by atoms with Crippen molar-refractivity contribution in [3.05, 3.63) is 95.7 Å². The van der Waals surface area contributed by atoms with Gasteiger partial charge in [0.25, 0.3) is 0 Å². The molecule has 0 radical (unpaired) electrons. The average Bonchev–Trinajstić information content (AvgIpc) is 3.64. The van der Waals surface area contributed by atoms with Gasteiger partial charge in [0.1, 0.15) is 36.9 Å². The summed E-state index contributed by atoms with van der Waals surface area (Å²) in [6.07, 6.45) is 9.41. The van der Waals surface area contributed by atoms with E-state index >= 15 is 0 Å². The van der Waals surface area contributed by atoms with Gasteiger partial charge in [-0.1, -0.05) is 24.3 Å². The molecule has 398 valence electrons. The summed E-state index contributed by atoms with van der Waals surface area (Å²) in [6, 6.07) is 9.44. The summed E-state index contributed by atoms with van der Waals surface area (Å²) in [5.41, 5.74) is 0.418. The topological polar surface area (TPSA) is 337 Å². The Morgan fingerprint density at radius 3 is 1.90 bits per heavy atom. The fourth-order valence-electron chi connectivity index (χ4n) is 9.81. The minimum absolute atomic E-state index is 0.000960. The second kappa shape index (κ2) is 21.7. The molecule has 0 amide bonds. The van der Waals surface area contributed by atoms with Crippen LogP contribution in [-0.2, 0) is 75.6 Å². The van der Waals surface area contributed by atoms with Crippen LogP contribution in [0.4, 0.5) is 11.4 Å². The molecule has 73 heavy (non-hydrogen) atoms. The third kappa shape index (κ3) is 12.4. The molecule has 0 spiro atoms. The van der Waals surface area contributed by atoms with Crippen molar-refractivity contribution in [2.75, 3.05) is 57.7 Å². The Labute approximate surface area is 424 Å². The van der Waals surface area contributed by atoms with Crippen molar-refractivity contribution < 1.29 is 84.3 Å². The number of hydrogen-bond acceptors (Lipinski definition) is 18. The van der Waals surface area contributed by atoms with E-state index in [1.807, 2.05) is 18.4 Å². The number of nitrogens with zero attached hydrogens (tertiary/aromatic N) is 2. The van der Waals surface area contributed by atoms with Gasteiger partial charge in [0.15, 0.2) is 5.71 Å². The number of carboxylic acids is 1. The predicted molar refractivity (Wildman–Crippen MR) is 265 cm³/mol. The highest BCUT2D eigenvalue weighted by molar-refractivity contribution is 7.90. The number of nitrogens with one attached hydrogen (secondary N) is 1. The zero-order chi connectivity index (χ0) is 54.1. The quantitative estimate of drug-likeness (QED) is 0.0425. The summed E-state index contributed by atoms with van der Waals surface area (Å²) in [4.78, 5) is 9.89. The molecule has 0 saturated heterocycles. The number of aliphatic carboxylic acids is 1. The van der Waals surface area contributed by atoms with Gasteiger partial charge in [-0.15, -0.1) is 0 Å². The zero-order valence-corrected chi connectivity index (χ0v) is 44.4. The van der Waals surface area contributed by atoms with Crippen molar-refractivity contribution in [3.8, 4) is 0 Å². The van der Waals surface area contributed by atoms with E-state index in [9.17, 15) is 70.2 Å². The summed E-state index contributed by atoms with van der Waals surface area (Å²) < 4.78 is 190. The number of sulfonamides is 1. The molecular weight excluding hydrogens is 1050 g/mol. The van der Waals surface area contributed by atoms with Crippen molar-refractivity contribution in [2.24, 2.45) is 0 Å². The number of allylic oxidation sites excluding steroid dienone is 6. The predicted octanol–water partition coefficient (Wildman–Crippen LogP) is 4.40. The molecule has 1 unspecified atom stereocenters. The van der Waals surface area contributed by atoms with E-state index in [1.54, 1.807) is 48.3 Å². The van der Waals surface area contributed by atoms with Crippen LogP contribution in [0.25, 0.3) is 21.5 Å². The van der Waals surface area contributed by atoms with Crippen LogP contribution >= 0.6 is 0 Å². The fourth-order valence-corrected chi connectivity index (χ4v) is 13.5. The summed E-state index contributed by atoms with van der Waals surface area (Å²) >= 11 is 0. The van der Waals surface area contributed by atoms with Crippen LogP contribution in [-0.4, -0.2) is 134 Å². The average molecular weight is 1110 g/mol. The van der Waals surface area contributed by atoms with E-state index < -0.39 is 92.6 Å².